The molecule has 2 aliphatic heterocycles. The summed E-state index contributed by atoms with van der Waals surface area (Å²) in [5.74, 6) is -0.421. The normalized spacial score (nSPS) is 50.0. The summed E-state index contributed by atoms with van der Waals surface area (Å²) in [5, 5.41) is 59.1. The Kier molecular flexibility index (Phi) is 6.57. The molecule has 2 fully saturated rings. The van der Waals surface area contributed by atoms with Crippen molar-refractivity contribution in [2.75, 3.05) is 40.4 Å². The van der Waals surface area contributed by atoms with Gasteiger partial charge in [0.15, 0.2) is 6.29 Å². The lowest BCUT2D eigenvalue weighted by Gasteiger charge is -2.46. The van der Waals surface area contributed by atoms with Gasteiger partial charge in [-0.3, -0.25) is 0 Å². The average Bonchev–Trinajstić information content (AvgIpc) is 2.55. The van der Waals surface area contributed by atoms with Crippen LogP contribution < -0.4 is 0 Å². The molecule has 9 heteroatoms. The largest absolute Gasteiger partial charge is 0.396 e. The van der Waals surface area contributed by atoms with Gasteiger partial charge in [-0.15, -0.1) is 0 Å². The van der Waals surface area contributed by atoms with Crippen LogP contribution >= 0.6 is 0 Å². The zero-order valence-corrected chi connectivity index (χ0v) is 14.1. The van der Waals surface area contributed by atoms with Crippen molar-refractivity contribution in [2.45, 2.75) is 49.3 Å². The molecule has 2 saturated heterocycles. The molecule has 0 aromatic rings. The monoisotopic (exact) mass is 352 g/mol. The third-order valence-electron chi connectivity index (χ3n) is 5.27. The van der Waals surface area contributed by atoms with Gasteiger partial charge in [-0.2, -0.15) is 0 Å². The molecule has 9 nitrogen and oxygen atoms in total. The van der Waals surface area contributed by atoms with Crippen LogP contribution in [0.25, 0.3) is 0 Å². The summed E-state index contributed by atoms with van der Waals surface area (Å²) in [6.45, 7) is 1.09. The van der Waals surface area contributed by atoms with E-state index >= 15 is 0 Å². The van der Waals surface area contributed by atoms with E-state index in [4.69, 9.17) is 9.47 Å². The number of methoxy groups -OCH3 is 1. The zero-order chi connectivity index (χ0) is 18.1. The van der Waals surface area contributed by atoms with Crippen LogP contribution in [0.1, 0.15) is 6.42 Å². The first-order valence-corrected chi connectivity index (χ1v) is 8.25. The fraction of sp³-hybridized carbons (Fsp3) is 1.00. The molecule has 9 atom stereocenters. The van der Waals surface area contributed by atoms with Gasteiger partial charge in [0.2, 0.25) is 0 Å². The highest BCUT2D eigenvalue weighted by Gasteiger charge is 2.46. The van der Waals surface area contributed by atoms with E-state index in [1.54, 1.807) is 0 Å². The first kappa shape index (κ1) is 20.0. The summed E-state index contributed by atoms with van der Waals surface area (Å²) in [5.41, 5.74) is 0. The van der Waals surface area contributed by atoms with E-state index < -0.39 is 48.8 Å². The van der Waals surface area contributed by atoms with Crippen molar-refractivity contribution in [2.24, 2.45) is 5.92 Å². The summed E-state index contributed by atoms with van der Waals surface area (Å²) in [6.07, 6.45) is -7.19. The van der Waals surface area contributed by atoms with Crippen LogP contribution in [0.5, 0.6) is 0 Å². The SMILES string of the molecule is CO[C@H]1O[C@@H](CC[N+]2(C)C[C@H](CO)[C@@H](O)[C@H](O)C2)[C@@H](O)[C@H](O)[C@H]1O. The topological polar surface area (TPSA) is 140 Å². The maximum atomic E-state index is 10.1. The Morgan fingerprint density at radius 1 is 1.00 bits per heavy atom. The van der Waals surface area contributed by atoms with Crippen LogP contribution in [0.3, 0.4) is 0 Å². The highest BCUT2D eigenvalue weighted by molar-refractivity contribution is 4.89. The molecule has 0 spiro atoms. The average molecular weight is 352 g/mol. The molecular weight excluding hydrogens is 322 g/mol. The van der Waals surface area contributed by atoms with Crippen molar-refractivity contribution >= 4 is 0 Å². The minimum absolute atomic E-state index is 0.217. The van der Waals surface area contributed by atoms with E-state index in [1.807, 2.05) is 7.05 Å². The summed E-state index contributed by atoms with van der Waals surface area (Å²) in [4.78, 5) is 0. The van der Waals surface area contributed by atoms with Crippen LogP contribution in [0.15, 0.2) is 0 Å². The Balaban J connectivity index is 1.98. The van der Waals surface area contributed by atoms with Gasteiger partial charge in [-0.1, -0.05) is 0 Å². The maximum absolute atomic E-state index is 10.1. The third kappa shape index (κ3) is 4.06. The molecular formula is C15H30NO8+. The molecule has 0 saturated carbocycles. The van der Waals surface area contributed by atoms with Gasteiger partial charge >= 0.3 is 0 Å². The van der Waals surface area contributed by atoms with Gasteiger partial charge in [-0.25, -0.2) is 0 Å². The molecule has 2 aliphatic rings. The molecule has 2 heterocycles. The lowest BCUT2D eigenvalue weighted by molar-refractivity contribution is -0.923. The quantitative estimate of drug-likeness (QED) is 0.282. The Bertz CT molecular complexity index is 411. The second kappa shape index (κ2) is 7.90. The van der Waals surface area contributed by atoms with Crippen molar-refractivity contribution in [1.29, 1.82) is 0 Å². The Hall–Kier alpha value is -0.360. The standard InChI is InChI=1S/C15H30NO8/c1-16(5-8(7-17)11(19)9(18)6-16)4-3-10-12(20)13(21)14(22)15(23-2)24-10/h8-15,17-22H,3-7H2,1-2H3/q+1/t8-,9-,10+,11-,12-,13+,14-,15+,16?/m1/s1. The van der Waals surface area contributed by atoms with Gasteiger partial charge in [0.05, 0.1) is 44.9 Å². The molecule has 0 amide bonds. The van der Waals surface area contributed by atoms with Crippen LogP contribution in [-0.4, -0.2) is 118 Å². The van der Waals surface area contributed by atoms with Gasteiger partial charge in [0.1, 0.15) is 31.0 Å². The number of hydrogen-bond acceptors (Lipinski definition) is 8. The van der Waals surface area contributed by atoms with E-state index in [2.05, 4.69) is 0 Å². The number of likely N-dealkylation sites (N-methyl/N-ethyl adjacent to an activating group) is 1. The van der Waals surface area contributed by atoms with Gasteiger partial charge in [0, 0.05) is 13.5 Å². The minimum atomic E-state index is -1.36. The summed E-state index contributed by atoms with van der Waals surface area (Å²) < 4.78 is 10.9. The number of rotatable bonds is 5. The number of aliphatic hydroxyl groups is 6. The molecule has 0 aromatic carbocycles. The fourth-order valence-corrected chi connectivity index (χ4v) is 3.76. The van der Waals surface area contributed by atoms with Crippen LogP contribution in [0, 0.1) is 5.92 Å². The van der Waals surface area contributed by atoms with Gasteiger partial charge in [-0.05, 0) is 0 Å². The van der Waals surface area contributed by atoms with E-state index in [0.29, 0.717) is 30.5 Å². The smallest absolute Gasteiger partial charge is 0.186 e. The number of quaternary nitrogens is 1. The molecule has 0 aromatic heterocycles. The predicted octanol–water partition coefficient (Wildman–Crippen LogP) is -3.38. The lowest BCUT2D eigenvalue weighted by atomic mass is 9.90. The Labute approximate surface area is 141 Å². The second-order valence-corrected chi connectivity index (χ2v) is 7.25. The number of likely N-dealkylation sites (tertiary alicyclic amines) is 1. The van der Waals surface area contributed by atoms with Crippen LogP contribution in [0.4, 0.5) is 0 Å². The van der Waals surface area contributed by atoms with Crippen LogP contribution in [-0.2, 0) is 9.47 Å². The van der Waals surface area contributed by atoms with Crippen molar-refractivity contribution < 1.29 is 44.6 Å². The molecule has 6 N–H and O–H groups in total. The molecule has 0 radical (unpaired) electrons. The second-order valence-electron chi connectivity index (χ2n) is 7.25. The predicted molar refractivity (Wildman–Crippen MR) is 81.7 cm³/mol. The number of aliphatic hydroxyl groups excluding tert-OH is 6. The first-order chi connectivity index (χ1) is 11.2. The molecule has 24 heavy (non-hydrogen) atoms. The molecule has 0 aliphatic carbocycles. The number of ether oxygens (including phenoxy) is 2. The van der Waals surface area contributed by atoms with E-state index in [-0.39, 0.29) is 6.61 Å². The molecule has 142 valence electrons. The first-order valence-electron chi connectivity index (χ1n) is 8.25. The number of hydrogen-bond donors (Lipinski definition) is 6. The van der Waals surface area contributed by atoms with Crippen molar-refractivity contribution in [3.63, 3.8) is 0 Å². The van der Waals surface area contributed by atoms with Crippen molar-refractivity contribution in [1.82, 2.24) is 0 Å². The zero-order valence-electron chi connectivity index (χ0n) is 14.1. The Morgan fingerprint density at radius 3 is 2.25 bits per heavy atom. The summed E-state index contributed by atoms with van der Waals surface area (Å²) in [7, 11) is 3.24. The third-order valence-corrected chi connectivity index (χ3v) is 5.27. The van der Waals surface area contributed by atoms with Gasteiger partial charge < -0.3 is 44.6 Å². The fourth-order valence-electron chi connectivity index (χ4n) is 3.76. The summed E-state index contributed by atoms with van der Waals surface area (Å²) >= 11 is 0. The molecule has 2 rings (SSSR count). The highest BCUT2D eigenvalue weighted by Crippen LogP contribution is 2.27. The van der Waals surface area contributed by atoms with Crippen LogP contribution in [0.2, 0.25) is 0 Å². The van der Waals surface area contributed by atoms with Crippen molar-refractivity contribution in [3.05, 3.63) is 0 Å². The highest BCUT2D eigenvalue weighted by atomic mass is 16.7. The lowest BCUT2D eigenvalue weighted by Crippen LogP contribution is -2.64. The van der Waals surface area contributed by atoms with E-state index in [9.17, 15) is 30.6 Å². The minimum Gasteiger partial charge on any atom is -0.396 e. The Morgan fingerprint density at radius 2 is 1.67 bits per heavy atom. The molecule has 1 unspecified atom stereocenters. The maximum Gasteiger partial charge on any atom is 0.186 e. The van der Waals surface area contributed by atoms with Crippen molar-refractivity contribution in [3.8, 4) is 0 Å². The number of piperidine rings is 1. The summed E-state index contributed by atoms with van der Waals surface area (Å²) in [6, 6.07) is 0. The molecule has 0 bridgehead atoms. The van der Waals surface area contributed by atoms with E-state index in [0.717, 1.165) is 0 Å². The number of nitrogens with zero attached hydrogens (tertiary/aromatic N) is 1. The van der Waals surface area contributed by atoms with E-state index in [1.165, 1.54) is 7.11 Å². The van der Waals surface area contributed by atoms with Gasteiger partial charge in [0.25, 0.3) is 0 Å².